The van der Waals surface area contributed by atoms with E-state index in [1.54, 1.807) is 0 Å². The van der Waals surface area contributed by atoms with Gasteiger partial charge in [0.2, 0.25) is 0 Å². The van der Waals surface area contributed by atoms with E-state index in [4.69, 9.17) is 0 Å². The summed E-state index contributed by atoms with van der Waals surface area (Å²) >= 11 is 0. The zero-order valence-corrected chi connectivity index (χ0v) is 12.9. The Morgan fingerprint density at radius 2 is 2.15 bits per heavy atom. The minimum atomic E-state index is 0.567. The summed E-state index contributed by atoms with van der Waals surface area (Å²) in [6, 6.07) is 1.40. The highest BCUT2D eigenvalue weighted by atomic mass is 15.3. The number of hydrogen-bond donors (Lipinski definition) is 1. The van der Waals surface area contributed by atoms with Crippen LogP contribution >= 0.6 is 0 Å². The average Bonchev–Trinajstić information content (AvgIpc) is 3.22. The fraction of sp³-hybridized carbons (Fsp3) is 0.812. The predicted octanol–water partition coefficient (Wildman–Crippen LogP) is 2.43. The Labute approximate surface area is 122 Å². The van der Waals surface area contributed by atoms with Crippen molar-refractivity contribution in [2.45, 2.75) is 57.7 Å². The van der Waals surface area contributed by atoms with Gasteiger partial charge in [-0.25, -0.2) is 0 Å². The van der Waals surface area contributed by atoms with Gasteiger partial charge >= 0.3 is 0 Å². The van der Waals surface area contributed by atoms with E-state index < -0.39 is 0 Å². The number of aromatic nitrogens is 2. The molecule has 1 saturated heterocycles. The highest BCUT2D eigenvalue weighted by molar-refractivity contribution is 5.14. The van der Waals surface area contributed by atoms with Crippen molar-refractivity contribution in [3.05, 3.63) is 18.0 Å². The summed E-state index contributed by atoms with van der Waals surface area (Å²) in [6.07, 6.45) is 11.2. The fourth-order valence-corrected chi connectivity index (χ4v) is 3.73. The fourth-order valence-electron chi connectivity index (χ4n) is 3.73. The highest BCUT2D eigenvalue weighted by Crippen LogP contribution is 2.41. The van der Waals surface area contributed by atoms with Gasteiger partial charge in [-0.15, -0.1) is 0 Å². The van der Waals surface area contributed by atoms with Gasteiger partial charge < -0.3 is 5.32 Å². The van der Waals surface area contributed by atoms with Crippen LogP contribution in [0.4, 0.5) is 0 Å². The van der Waals surface area contributed by atoms with Crippen LogP contribution in [0.1, 0.15) is 50.6 Å². The normalized spacial score (nSPS) is 28.5. The number of hydrogen-bond acceptors (Lipinski definition) is 3. The van der Waals surface area contributed by atoms with Gasteiger partial charge in [-0.05, 0) is 58.7 Å². The second-order valence-corrected chi connectivity index (χ2v) is 6.36. The van der Waals surface area contributed by atoms with Crippen molar-refractivity contribution in [2.24, 2.45) is 5.92 Å². The molecule has 1 saturated carbocycles. The molecular formula is C16H28N4. The van der Waals surface area contributed by atoms with Crippen molar-refractivity contribution in [2.75, 3.05) is 20.1 Å². The van der Waals surface area contributed by atoms with Gasteiger partial charge in [-0.2, -0.15) is 5.10 Å². The first-order valence-corrected chi connectivity index (χ1v) is 8.26. The van der Waals surface area contributed by atoms with Crippen LogP contribution < -0.4 is 5.32 Å². The summed E-state index contributed by atoms with van der Waals surface area (Å²) in [5.74, 6) is 0.720. The molecule has 1 aromatic rings. The van der Waals surface area contributed by atoms with Crippen molar-refractivity contribution in [3.63, 3.8) is 0 Å². The van der Waals surface area contributed by atoms with Crippen LogP contribution in [-0.2, 0) is 6.54 Å². The van der Waals surface area contributed by atoms with Gasteiger partial charge in [-0.1, -0.05) is 6.42 Å². The van der Waals surface area contributed by atoms with Crippen LogP contribution in [0.5, 0.6) is 0 Å². The predicted molar refractivity (Wildman–Crippen MR) is 81.6 cm³/mol. The number of nitrogens with one attached hydrogen (secondary N) is 1. The third-order valence-corrected chi connectivity index (χ3v) is 4.85. The second-order valence-electron chi connectivity index (χ2n) is 6.36. The lowest BCUT2D eigenvalue weighted by Crippen LogP contribution is -2.37. The first-order chi connectivity index (χ1) is 9.83. The maximum atomic E-state index is 4.52. The molecule has 0 amide bonds. The van der Waals surface area contributed by atoms with E-state index in [2.05, 4.69) is 46.4 Å². The molecule has 20 heavy (non-hydrogen) atoms. The largest absolute Gasteiger partial charge is 0.319 e. The first-order valence-electron chi connectivity index (χ1n) is 8.26. The maximum absolute atomic E-state index is 4.52. The zero-order valence-electron chi connectivity index (χ0n) is 12.9. The molecule has 3 rings (SSSR count). The number of nitrogens with zero attached hydrogens (tertiary/aromatic N) is 3. The Balaban J connectivity index is 1.88. The quantitative estimate of drug-likeness (QED) is 0.896. The van der Waals surface area contributed by atoms with E-state index in [0.29, 0.717) is 6.04 Å². The van der Waals surface area contributed by atoms with Crippen LogP contribution in [0.3, 0.4) is 0 Å². The van der Waals surface area contributed by atoms with Crippen molar-refractivity contribution in [3.8, 4) is 0 Å². The molecule has 4 heteroatoms. The van der Waals surface area contributed by atoms with Gasteiger partial charge in [0.25, 0.3) is 0 Å². The summed E-state index contributed by atoms with van der Waals surface area (Å²) in [7, 11) is 2.08. The highest BCUT2D eigenvalue weighted by Gasteiger charge is 2.39. The van der Waals surface area contributed by atoms with E-state index >= 15 is 0 Å². The van der Waals surface area contributed by atoms with Crippen molar-refractivity contribution in [1.82, 2.24) is 20.0 Å². The monoisotopic (exact) mass is 276 g/mol. The summed E-state index contributed by atoms with van der Waals surface area (Å²) < 4.78 is 2.07. The van der Waals surface area contributed by atoms with Crippen LogP contribution in [0, 0.1) is 5.92 Å². The molecule has 1 aliphatic heterocycles. The average molecular weight is 276 g/mol. The third-order valence-electron chi connectivity index (χ3n) is 4.85. The van der Waals surface area contributed by atoms with Gasteiger partial charge in [0.1, 0.15) is 0 Å². The lowest BCUT2D eigenvalue weighted by Gasteiger charge is -2.34. The SMILES string of the molecule is CCn1cc(C2C(CNC)CCCCN2C2CC2)cn1. The molecule has 2 fully saturated rings. The zero-order chi connectivity index (χ0) is 13.9. The van der Waals surface area contributed by atoms with Gasteiger partial charge in [0.05, 0.1) is 6.20 Å². The topological polar surface area (TPSA) is 33.1 Å². The van der Waals surface area contributed by atoms with E-state index in [-0.39, 0.29) is 0 Å². The Bertz CT molecular complexity index is 424. The smallest absolute Gasteiger partial charge is 0.0537 e. The van der Waals surface area contributed by atoms with Crippen molar-refractivity contribution < 1.29 is 0 Å². The lowest BCUT2D eigenvalue weighted by atomic mass is 9.90. The second kappa shape index (κ2) is 6.27. The summed E-state index contributed by atoms with van der Waals surface area (Å²) in [4.78, 5) is 2.78. The molecule has 0 radical (unpaired) electrons. The first kappa shape index (κ1) is 14.1. The van der Waals surface area contributed by atoms with Crippen LogP contribution in [0.2, 0.25) is 0 Å². The molecule has 2 atom stereocenters. The van der Waals surface area contributed by atoms with Gasteiger partial charge in [0.15, 0.2) is 0 Å². The van der Waals surface area contributed by atoms with Crippen molar-refractivity contribution in [1.29, 1.82) is 0 Å². The van der Waals surface area contributed by atoms with Crippen LogP contribution in [0.15, 0.2) is 12.4 Å². The number of likely N-dealkylation sites (tertiary alicyclic amines) is 1. The standard InChI is InChI=1S/C16H28N4/c1-3-19-12-14(11-18-19)16-13(10-17-2)6-4-5-9-20(16)15-7-8-15/h11-13,15-17H,3-10H2,1-2H3. The van der Waals surface area contributed by atoms with Crippen molar-refractivity contribution >= 4 is 0 Å². The maximum Gasteiger partial charge on any atom is 0.0537 e. The molecule has 4 nitrogen and oxygen atoms in total. The molecule has 2 unspecified atom stereocenters. The number of aryl methyl sites for hydroxylation is 1. The van der Waals surface area contributed by atoms with Crippen LogP contribution in [-0.4, -0.2) is 40.9 Å². The summed E-state index contributed by atoms with van der Waals surface area (Å²) in [5, 5.41) is 7.93. The minimum Gasteiger partial charge on any atom is -0.319 e. The lowest BCUT2D eigenvalue weighted by molar-refractivity contribution is 0.145. The Morgan fingerprint density at radius 1 is 1.30 bits per heavy atom. The summed E-state index contributed by atoms with van der Waals surface area (Å²) in [6.45, 7) is 5.51. The van der Waals surface area contributed by atoms with E-state index in [9.17, 15) is 0 Å². The molecule has 1 aromatic heterocycles. The minimum absolute atomic E-state index is 0.567. The van der Waals surface area contributed by atoms with E-state index in [1.807, 2.05) is 0 Å². The molecular weight excluding hydrogens is 248 g/mol. The van der Waals surface area contributed by atoms with E-state index in [1.165, 1.54) is 44.2 Å². The Morgan fingerprint density at radius 3 is 2.80 bits per heavy atom. The molecule has 2 heterocycles. The molecule has 1 aliphatic carbocycles. The Hall–Kier alpha value is -0.870. The van der Waals surface area contributed by atoms with Crippen LogP contribution in [0.25, 0.3) is 0 Å². The molecule has 0 aromatic carbocycles. The number of rotatable bonds is 5. The molecule has 112 valence electrons. The van der Waals surface area contributed by atoms with Gasteiger partial charge in [0, 0.05) is 30.4 Å². The van der Waals surface area contributed by atoms with Gasteiger partial charge in [-0.3, -0.25) is 9.58 Å². The Kier molecular flexibility index (Phi) is 4.41. The van der Waals surface area contributed by atoms with E-state index in [0.717, 1.165) is 25.0 Å². The molecule has 0 bridgehead atoms. The third kappa shape index (κ3) is 2.91. The molecule has 1 N–H and O–H groups in total. The summed E-state index contributed by atoms with van der Waals surface area (Å²) in [5.41, 5.74) is 1.43. The molecule has 0 spiro atoms. The molecule has 2 aliphatic rings.